The molecule has 6 nitrogen and oxygen atoms in total. The normalized spacial score (nSPS) is 10.9. The highest BCUT2D eigenvalue weighted by molar-refractivity contribution is 5.87. The van der Waals surface area contributed by atoms with Gasteiger partial charge in [0.2, 0.25) is 0 Å². The van der Waals surface area contributed by atoms with E-state index in [0.29, 0.717) is 29.2 Å². The summed E-state index contributed by atoms with van der Waals surface area (Å²) in [5.41, 5.74) is 2.33. The van der Waals surface area contributed by atoms with Gasteiger partial charge in [0.05, 0.1) is 0 Å². The fourth-order valence-electron chi connectivity index (χ4n) is 2.79. The summed E-state index contributed by atoms with van der Waals surface area (Å²) < 4.78 is 1.63. The lowest BCUT2D eigenvalue weighted by molar-refractivity contribution is 0.786. The smallest absolute Gasteiger partial charge is 0.264 e. The Labute approximate surface area is 144 Å². The van der Waals surface area contributed by atoms with Gasteiger partial charge >= 0.3 is 0 Å². The zero-order chi connectivity index (χ0) is 17.2. The van der Waals surface area contributed by atoms with E-state index in [1.165, 1.54) is 0 Å². The van der Waals surface area contributed by atoms with E-state index in [4.69, 9.17) is 0 Å². The van der Waals surface area contributed by atoms with Crippen LogP contribution >= 0.6 is 0 Å². The molecular formula is C19H17N5O. The van der Waals surface area contributed by atoms with Crippen LogP contribution in [0.4, 0.5) is 5.82 Å². The molecule has 2 aromatic heterocycles. The molecule has 0 amide bonds. The lowest BCUT2D eigenvalue weighted by Gasteiger charge is -2.04. The van der Waals surface area contributed by atoms with E-state index < -0.39 is 0 Å². The average molecular weight is 331 g/mol. The SMILES string of the molecule is Cn1nc(NCc2ccccc2)c2c(=O)[nH]c(-c3ccccc3)nc21. The molecule has 0 bridgehead atoms. The molecule has 0 atom stereocenters. The highest BCUT2D eigenvalue weighted by Crippen LogP contribution is 2.20. The number of fused-ring (bicyclic) bond motifs is 1. The largest absolute Gasteiger partial charge is 0.364 e. The summed E-state index contributed by atoms with van der Waals surface area (Å²) in [6, 6.07) is 19.6. The number of aromatic nitrogens is 4. The number of benzene rings is 2. The van der Waals surface area contributed by atoms with E-state index in [1.54, 1.807) is 11.7 Å². The molecule has 2 heterocycles. The van der Waals surface area contributed by atoms with Crippen LogP contribution in [-0.2, 0) is 13.6 Å². The molecule has 0 aliphatic heterocycles. The van der Waals surface area contributed by atoms with Crippen LogP contribution in [0.15, 0.2) is 65.5 Å². The number of aromatic amines is 1. The maximum Gasteiger partial charge on any atom is 0.264 e. The quantitative estimate of drug-likeness (QED) is 0.603. The van der Waals surface area contributed by atoms with Crippen molar-refractivity contribution in [3.63, 3.8) is 0 Å². The van der Waals surface area contributed by atoms with Crippen LogP contribution in [0.2, 0.25) is 0 Å². The molecule has 0 saturated heterocycles. The first-order valence-electron chi connectivity index (χ1n) is 8.02. The van der Waals surface area contributed by atoms with E-state index in [-0.39, 0.29) is 5.56 Å². The molecule has 4 aromatic rings. The number of hydrogen-bond donors (Lipinski definition) is 2. The molecule has 2 N–H and O–H groups in total. The maximum atomic E-state index is 12.6. The number of hydrogen-bond acceptors (Lipinski definition) is 4. The van der Waals surface area contributed by atoms with Gasteiger partial charge in [0.15, 0.2) is 11.5 Å². The first kappa shape index (κ1) is 15.1. The van der Waals surface area contributed by atoms with Gasteiger partial charge in [-0.1, -0.05) is 60.7 Å². The molecule has 0 aliphatic carbocycles. The van der Waals surface area contributed by atoms with Gasteiger partial charge in [0, 0.05) is 19.2 Å². The highest BCUT2D eigenvalue weighted by Gasteiger charge is 2.15. The fraction of sp³-hybridized carbons (Fsp3) is 0.105. The topological polar surface area (TPSA) is 75.6 Å². The third kappa shape index (κ3) is 2.89. The van der Waals surface area contributed by atoms with Crippen molar-refractivity contribution in [2.45, 2.75) is 6.54 Å². The summed E-state index contributed by atoms with van der Waals surface area (Å²) in [4.78, 5) is 20.1. The zero-order valence-electron chi connectivity index (χ0n) is 13.7. The zero-order valence-corrected chi connectivity index (χ0v) is 13.7. The van der Waals surface area contributed by atoms with E-state index in [1.807, 2.05) is 60.7 Å². The minimum Gasteiger partial charge on any atom is -0.364 e. The molecule has 0 spiro atoms. The van der Waals surface area contributed by atoms with Gasteiger partial charge in [-0.05, 0) is 5.56 Å². The molecule has 25 heavy (non-hydrogen) atoms. The average Bonchev–Trinajstić information content (AvgIpc) is 2.98. The summed E-state index contributed by atoms with van der Waals surface area (Å²) in [7, 11) is 1.79. The Hall–Kier alpha value is -3.41. The van der Waals surface area contributed by atoms with Crippen molar-refractivity contribution in [3.8, 4) is 11.4 Å². The van der Waals surface area contributed by atoms with Gasteiger partial charge < -0.3 is 10.3 Å². The second kappa shape index (κ2) is 6.24. The Balaban J connectivity index is 1.74. The van der Waals surface area contributed by atoms with Crippen LogP contribution in [0.1, 0.15) is 5.56 Å². The maximum absolute atomic E-state index is 12.6. The van der Waals surface area contributed by atoms with Crippen molar-refractivity contribution < 1.29 is 0 Å². The van der Waals surface area contributed by atoms with Gasteiger partial charge in [-0.15, -0.1) is 0 Å². The predicted molar refractivity (Wildman–Crippen MR) is 98.3 cm³/mol. The highest BCUT2D eigenvalue weighted by atomic mass is 16.1. The molecule has 6 heteroatoms. The van der Waals surface area contributed by atoms with Crippen LogP contribution in [0, 0.1) is 0 Å². The molecule has 0 unspecified atom stereocenters. The third-order valence-corrected chi connectivity index (χ3v) is 4.04. The van der Waals surface area contributed by atoms with E-state index in [9.17, 15) is 4.79 Å². The van der Waals surface area contributed by atoms with Gasteiger partial charge in [0.1, 0.15) is 11.2 Å². The molecule has 2 aromatic carbocycles. The van der Waals surface area contributed by atoms with Crippen molar-refractivity contribution in [2.75, 3.05) is 5.32 Å². The van der Waals surface area contributed by atoms with Crippen LogP contribution in [0.25, 0.3) is 22.4 Å². The van der Waals surface area contributed by atoms with Gasteiger partial charge in [-0.25, -0.2) is 9.67 Å². The van der Waals surface area contributed by atoms with E-state index in [0.717, 1.165) is 11.1 Å². The first-order chi connectivity index (χ1) is 12.2. The van der Waals surface area contributed by atoms with Crippen LogP contribution in [0.5, 0.6) is 0 Å². The third-order valence-electron chi connectivity index (χ3n) is 4.04. The monoisotopic (exact) mass is 331 g/mol. The first-order valence-corrected chi connectivity index (χ1v) is 8.02. The lowest BCUT2D eigenvalue weighted by atomic mass is 10.2. The Morgan fingerprint density at radius 3 is 2.44 bits per heavy atom. The molecule has 4 rings (SSSR count). The molecule has 0 saturated carbocycles. The van der Waals surface area contributed by atoms with Gasteiger partial charge in [0.25, 0.3) is 5.56 Å². The molecular weight excluding hydrogens is 314 g/mol. The number of H-pyrrole nitrogens is 1. The molecule has 0 fully saturated rings. The standard InChI is InChI=1S/C19H17N5O/c1-24-18-15(17(23-24)20-12-13-8-4-2-5-9-13)19(25)22-16(21-18)14-10-6-3-7-11-14/h2-11H,12H2,1H3,(H,20,23)(H,21,22,25). The van der Waals surface area contributed by atoms with Crippen molar-refractivity contribution in [1.82, 2.24) is 19.7 Å². The van der Waals surface area contributed by atoms with E-state index >= 15 is 0 Å². The summed E-state index contributed by atoms with van der Waals surface area (Å²) in [6.45, 7) is 0.590. The number of anilines is 1. The van der Waals surface area contributed by atoms with E-state index in [2.05, 4.69) is 20.4 Å². The summed E-state index contributed by atoms with van der Waals surface area (Å²) in [5, 5.41) is 8.13. The van der Waals surface area contributed by atoms with Crippen molar-refractivity contribution >= 4 is 16.9 Å². The summed E-state index contributed by atoms with van der Waals surface area (Å²) >= 11 is 0. The minimum atomic E-state index is -0.201. The Morgan fingerprint density at radius 2 is 1.72 bits per heavy atom. The molecule has 0 aliphatic rings. The number of rotatable bonds is 4. The lowest BCUT2D eigenvalue weighted by Crippen LogP contribution is -2.11. The Kier molecular flexibility index (Phi) is 3.78. The van der Waals surface area contributed by atoms with Crippen LogP contribution in [-0.4, -0.2) is 19.7 Å². The van der Waals surface area contributed by atoms with Crippen molar-refractivity contribution in [3.05, 3.63) is 76.6 Å². The Morgan fingerprint density at radius 1 is 1.04 bits per heavy atom. The van der Waals surface area contributed by atoms with Crippen LogP contribution < -0.4 is 10.9 Å². The fourth-order valence-corrected chi connectivity index (χ4v) is 2.79. The second-order valence-electron chi connectivity index (χ2n) is 5.79. The van der Waals surface area contributed by atoms with Crippen molar-refractivity contribution in [2.24, 2.45) is 7.05 Å². The predicted octanol–water partition coefficient (Wildman–Crippen LogP) is 2.94. The second-order valence-corrected chi connectivity index (χ2v) is 5.79. The molecule has 124 valence electrons. The summed E-state index contributed by atoms with van der Waals surface area (Å²) in [5.74, 6) is 1.07. The number of nitrogens with one attached hydrogen (secondary N) is 2. The summed E-state index contributed by atoms with van der Waals surface area (Å²) in [6.07, 6.45) is 0. The number of aryl methyl sites for hydroxylation is 1. The number of nitrogens with zero attached hydrogens (tertiary/aromatic N) is 3. The van der Waals surface area contributed by atoms with Crippen LogP contribution in [0.3, 0.4) is 0 Å². The van der Waals surface area contributed by atoms with Crippen molar-refractivity contribution in [1.29, 1.82) is 0 Å². The minimum absolute atomic E-state index is 0.201. The Bertz CT molecular complexity index is 1070. The molecule has 0 radical (unpaired) electrons. The van der Waals surface area contributed by atoms with Gasteiger partial charge in [-0.3, -0.25) is 4.79 Å². The van der Waals surface area contributed by atoms with Gasteiger partial charge in [-0.2, -0.15) is 5.10 Å².